The Labute approximate surface area is 197 Å². The minimum absolute atomic E-state index is 0.605. The summed E-state index contributed by atoms with van der Waals surface area (Å²) in [6.07, 6.45) is 1.62. The molecule has 5 rings (SSSR count). The molecule has 2 saturated heterocycles. The molecule has 2 aliphatic rings. The normalized spacial score (nSPS) is 17.0. The number of hydrazone groups is 1. The maximum atomic E-state index is 6.27. The average Bonchev–Trinajstić information content (AvgIpc) is 3.34. The fraction of sp³-hybridized carbons (Fsp3) is 0.348. The van der Waals surface area contributed by atoms with Gasteiger partial charge in [-0.15, -0.1) is 0 Å². The summed E-state index contributed by atoms with van der Waals surface area (Å²) in [5, 5.41) is 4.97. The van der Waals surface area contributed by atoms with Crippen LogP contribution < -0.4 is 15.2 Å². The first-order valence-corrected chi connectivity index (χ1v) is 11.3. The highest BCUT2D eigenvalue weighted by Gasteiger charge is 2.19. The summed E-state index contributed by atoms with van der Waals surface area (Å²) >= 11 is 6.27. The Morgan fingerprint density at radius 1 is 0.909 bits per heavy atom. The molecule has 1 aromatic carbocycles. The van der Waals surface area contributed by atoms with E-state index in [9.17, 15) is 0 Å². The molecule has 0 bridgehead atoms. The summed E-state index contributed by atoms with van der Waals surface area (Å²) in [4.78, 5) is 13.8. The molecule has 0 aliphatic carbocycles. The average molecular weight is 469 g/mol. The maximum absolute atomic E-state index is 6.27. The highest BCUT2D eigenvalue weighted by molar-refractivity contribution is 6.33. The molecular formula is C23H25ClN6O3. The summed E-state index contributed by atoms with van der Waals surface area (Å²) in [6.45, 7) is 5.79. The molecule has 0 atom stereocenters. The van der Waals surface area contributed by atoms with Gasteiger partial charge in [-0.05, 0) is 24.3 Å². The molecule has 33 heavy (non-hydrogen) atoms. The minimum Gasteiger partial charge on any atom is -0.455 e. The second-order valence-electron chi connectivity index (χ2n) is 7.66. The summed E-state index contributed by atoms with van der Waals surface area (Å²) in [7, 11) is 0. The van der Waals surface area contributed by atoms with Gasteiger partial charge in [0.1, 0.15) is 17.3 Å². The third-order valence-electron chi connectivity index (χ3n) is 5.47. The van der Waals surface area contributed by atoms with E-state index < -0.39 is 0 Å². The van der Waals surface area contributed by atoms with Crippen LogP contribution in [0.4, 0.5) is 17.6 Å². The van der Waals surface area contributed by atoms with Gasteiger partial charge in [0.05, 0.1) is 37.7 Å². The fourth-order valence-electron chi connectivity index (χ4n) is 3.73. The summed E-state index contributed by atoms with van der Waals surface area (Å²) in [6, 6.07) is 13.2. The van der Waals surface area contributed by atoms with Crippen molar-refractivity contribution in [3.8, 4) is 11.3 Å². The standard InChI is InChI=1S/C23H25ClN6O3/c24-19-4-2-1-3-18(19)20-6-5-17(33-20)16-25-28-21-15-22(29-7-11-31-12-8-29)27-23(26-21)30-9-13-32-14-10-30/h1-6,15-16H,7-14H2,(H,26,27,28). The van der Waals surface area contributed by atoms with E-state index in [-0.39, 0.29) is 0 Å². The van der Waals surface area contributed by atoms with Crippen molar-refractivity contribution < 1.29 is 13.9 Å². The van der Waals surface area contributed by atoms with E-state index in [1.165, 1.54) is 0 Å². The second kappa shape index (κ2) is 10.2. The molecule has 2 aliphatic heterocycles. The van der Waals surface area contributed by atoms with Gasteiger partial charge in [0, 0.05) is 37.8 Å². The van der Waals surface area contributed by atoms with Crippen LogP contribution in [0.15, 0.2) is 52.0 Å². The van der Waals surface area contributed by atoms with Crippen molar-refractivity contribution in [3.63, 3.8) is 0 Å². The quantitative estimate of drug-likeness (QED) is 0.434. The number of halogens is 1. The predicted octanol–water partition coefficient (Wildman–Crippen LogP) is 3.51. The van der Waals surface area contributed by atoms with E-state index in [4.69, 9.17) is 30.5 Å². The summed E-state index contributed by atoms with van der Waals surface area (Å²) < 4.78 is 16.8. The molecular weight excluding hydrogens is 444 g/mol. The van der Waals surface area contributed by atoms with Gasteiger partial charge < -0.3 is 23.7 Å². The highest BCUT2D eigenvalue weighted by Crippen LogP contribution is 2.28. The van der Waals surface area contributed by atoms with Crippen LogP contribution in [0.25, 0.3) is 11.3 Å². The van der Waals surface area contributed by atoms with Crippen molar-refractivity contribution in [1.82, 2.24) is 9.97 Å². The molecule has 2 fully saturated rings. The zero-order valence-electron chi connectivity index (χ0n) is 18.1. The first-order chi connectivity index (χ1) is 16.3. The Kier molecular flexibility index (Phi) is 6.71. The van der Waals surface area contributed by atoms with E-state index in [0.29, 0.717) is 54.7 Å². The minimum atomic E-state index is 0.605. The SMILES string of the molecule is Clc1ccccc1-c1ccc(C=NNc2cc(N3CCOCC3)nc(N3CCOCC3)n2)o1. The first kappa shape index (κ1) is 21.7. The van der Waals surface area contributed by atoms with Gasteiger partial charge in [0.25, 0.3) is 0 Å². The number of morpholine rings is 2. The number of hydrogen-bond acceptors (Lipinski definition) is 9. The molecule has 0 saturated carbocycles. The highest BCUT2D eigenvalue weighted by atomic mass is 35.5. The van der Waals surface area contributed by atoms with Crippen LogP contribution in [0, 0.1) is 0 Å². The number of nitrogens with zero attached hydrogens (tertiary/aromatic N) is 5. The molecule has 4 heterocycles. The third kappa shape index (κ3) is 5.27. The Hall–Kier alpha value is -3.14. The van der Waals surface area contributed by atoms with Gasteiger partial charge in [-0.3, -0.25) is 5.43 Å². The van der Waals surface area contributed by atoms with Crippen LogP contribution in [0.3, 0.4) is 0 Å². The van der Waals surface area contributed by atoms with Gasteiger partial charge >= 0.3 is 0 Å². The molecule has 1 N–H and O–H groups in total. The summed E-state index contributed by atoms with van der Waals surface area (Å²) in [5.74, 6) is 3.43. The molecule has 3 aromatic rings. The number of nitrogens with one attached hydrogen (secondary N) is 1. The third-order valence-corrected chi connectivity index (χ3v) is 5.80. The second-order valence-corrected chi connectivity index (χ2v) is 8.07. The molecule has 0 unspecified atom stereocenters. The van der Waals surface area contributed by atoms with Gasteiger partial charge in [-0.2, -0.15) is 15.1 Å². The van der Waals surface area contributed by atoms with Gasteiger partial charge in [-0.25, -0.2) is 0 Å². The number of furan rings is 1. The van der Waals surface area contributed by atoms with Crippen LogP contribution in [-0.2, 0) is 9.47 Å². The largest absolute Gasteiger partial charge is 0.455 e. The number of hydrogen-bond donors (Lipinski definition) is 1. The lowest BCUT2D eigenvalue weighted by molar-refractivity contribution is 0.121. The Morgan fingerprint density at radius 3 is 2.39 bits per heavy atom. The number of ether oxygens (including phenoxy) is 2. The Morgan fingerprint density at radius 2 is 1.64 bits per heavy atom. The van der Waals surface area contributed by atoms with Crippen molar-refractivity contribution >= 4 is 35.4 Å². The van der Waals surface area contributed by atoms with Crippen molar-refractivity contribution in [2.75, 3.05) is 67.8 Å². The molecule has 2 aromatic heterocycles. The van der Waals surface area contributed by atoms with Crippen LogP contribution >= 0.6 is 11.6 Å². The molecule has 172 valence electrons. The van der Waals surface area contributed by atoms with E-state index >= 15 is 0 Å². The molecule has 10 heteroatoms. The van der Waals surface area contributed by atoms with Crippen LogP contribution in [-0.4, -0.2) is 68.8 Å². The van der Waals surface area contributed by atoms with Crippen LogP contribution in [0.1, 0.15) is 5.76 Å². The van der Waals surface area contributed by atoms with E-state index in [2.05, 4.69) is 25.3 Å². The molecule has 0 radical (unpaired) electrons. The molecule has 0 amide bonds. The van der Waals surface area contributed by atoms with Gasteiger partial charge in [-0.1, -0.05) is 23.7 Å². The van der Waals surface area contributed by atoms with Crippen molar-refractivity contribution in [2.24, 2.45) is 5.10 Å². The maximum Gasteiger partial charge on any atom is 0.229 e. The Balaban J connectivity index is 1.34. The fourth-order valence-corrected chi connectivity index (χ4v) is 3.96. The van der Waals surface area contributed by atoms with E-state index in [1.807, 2.05) is 42.5 Å². The lowest BCUT2D eigenvalue weighted by Gasteiger charge is -2.31. The predicted molar refractivity (Wildman–Crippen MR) is 128 cm³/mol. The Bertz CT molecular complexity index is 1070. The number of anilines is 3. The number of rotatable bonds is 6. The smallest absolute Gasteiger partial charge is 0.229 e. The first-order valence-electron chi connectivity index (χ1n) is 10.9. The van der Waals surface area contributed by atoms with Crippen LogP contribution in [0.5, 0.6) is 0 Å². The van der Waals surface area contributed by atoms with Gasteiger partial charge in [0.15, 0.2) is 5.82 Å². The number of benzene rings is 1. The van der Waals surface area contributed by atoms with Crippen molar-refractivity contribution in [1.29, 1.82) is 0 Å². The summed E-state index contributed by atoms with van der Waals surface area (Å²) in [5.41, 5.74) is 3.87. The van der Waals surface area contributed by atoms with E-state index in [0.717, 1.165) is 37.6 Å². The lowest BCUT2D eigenvalue weighted by atomic mass is 10.2. The van der Waals surface area contributed by atoms with Crippen molar-refractivity contribution in [3.05, 3.63) is 53.2 Å². The topological polar surface area (TPSA) is 88.2 Å². The van der Waals surface area contributed by atoms with Gasteiger partial charge in [0.2, 0.25) is 5.95 Å². The van der Waals surface area contributed by atoms with Crippen LogP contribution in [0.2, 0.25) is 5.02 Å². The number of aromatic nitrogens is 2. The molecule has 0 spiro atoms. The van der Waals surface area contributed by atoms with Crippen molar-refractivity contribution in [2.45, 2.75) is 0 Å². The zero-order valence-corrected chi connectivity index (χ0v) is 18.9. The van der Waals surface area contributed by atoms with E-state index in [1.54, 1.807) is 6.21 Å². The lowest BCUT2D eigenvalue weighted by Crippen LogP contribution is -2.39. The monoisotopic (exact) mass is 468 g/mol. The molecule has 9 nitrogen and oxygen atoms in total. The zero-order chi connectivity index (χ0) is 22.5.